The molecule has 0 aliphatic heterocycles. The summed E-state index contributed by atoms with van der Waals surface area (Å²) in [6, 6.07) is 20.7. The van der Waals surface area contributed by atoms with E-state index < -0.39 is 5.95 Å². The Morgan fingerprint density at radius 2 is 1.69 bits per heavy atom. The summed E-state index contributed by atoms with van der Waals surface area (Å²) in [6.45, 7) is 8.67. The standard InChI is InChI=1S/C30H36FN3O2/c1-5-20(4)27(32)18-34(30(35)26-17-25(26)28-7-6-8-29(31)33-28)23-13-9-21(10-14-23)22-11-15-24(16-12-22)36-19(2)3/h6-16,19-20,25-27H,5,17-18,32H2,1-4H3/t20-,25+,26+,27+/m0/s1. The molecule has 3 aromatic rings. The molecular formula is C30H36FN3O2. The monoisotopic (exact) mass is 489 g/mol. The van der Waals surface area contributed by atoms with Gasteiger partial charge in [-0.05, 0) is 73.7 Å². The Balaban J connectivity index is 1.54. The first-order valence-electron chi connectivity index (χ1n) is 12.8. The topological polar surface area (TPSA) is 68.5 Å². The molecule has 0 bridgehead atoms. The molecule has 5 nitrogen and oxygen atoms in total. The molecule has 1 heterocycles. The molecule has 36 heavy (non-hydrogen) atoms. The Hall–Kier alpha value is -3.25. The quantitative estimate of drug-likeness (QED) is 0.345. The number of hydrogen-bond donors (Lipinski definition) is 1. The number of aromatic nitrogens is 1. The molecule has 2 N–H and O–H groups in total. The number of nitrogens with two attached hydrogens (primary N) is 1. The van der Waals surface area contributed by atoms with Gasteiger partial charge in [0.15, 0.2) is 0 Å². The van der Waals surface area contributed by atoms with Crippen molar-refractivity contribution < 1.29 is 13.9 Å². The summed E-state index contributed by atoms with van der Waals surface area (Å²) in [7, 11) is 0. The minimum atomic E-state index is -0.513. The lowest BCUT2D eigenvalue weighted by Crippen LogP contribution is -2.45. The van der Waals surface area contributed by atoms with E-state index in [4.69, 9.17) is 10.5 Å². The lowest BCUT2D eigenvalue weighted by molar-refractivity contribution is -0.120. The van der Waals surface area contributed by atoms with Crippen LogP contribution in [-0.2, 0) is 4.79 Å². The number of amides is 1. The van der Waals surface area contributed by atoms with E-state index in [1.165, 1.54) is 6.07 Å². The van der Waals surface area contributed by atoms with Gasteiger partial charge in [-0.1, -0.05) is 50.6 Å². The summed E-state index contributed by atoms with van der Waals surface area (Å²) in [4.78, 5) is 19.4. The highest BCUT2D eigenvalue weighted by molar-refractivity contribution is 5.97. The lowest BCUT2D eigenvalue weighted by atomic mass is 9.99. The van der Waals surface area contributed by atoms with Gasteiger partial charge in [0.05, 0.1) is 6.10 Å². The van der Waals surface area contributed by atoms with Crippen LogP contribution in [0.5, 0.6) is 5.75 Å². The maximum Gasteiger partial charge on any atom is 0.230 e. The molecule has 0 unspecified atom stereocenters. The molecule has 1 amide bonds. The minimum Gasteiger partial charge on any atom is -0.491 e. The van der Waals surface area contributed by atoms with Crippen LogP contribution in [0.2, 0.25) is 0 Å². The van der Waals surface area contributed by atoms with E-state index in [0.717, 1.165) is 29.0 Å². The number of rotatable bonds is 10. The minimum absolute atomic E-state index is 0.0211. The maximum absolute atomic E-state index is 13.6. The van der Waals surface area contributed by atoms with Gasteiger partial charge in [0.2, 0.25) is 11.9 Å². The number of carbonyl (C=O) groups is 1. The van der Waals surface area contributed by atoms with E-state index in [1.54, 1.807) is 12.1 Å². The number of anilines is 1. The van der Waals surface area contributed by atoms with E-state index in [0.29, 0.717) is 18.7 Å². The van der Waals surface area contributed by atoms with Crippen molar-refractivity contribution in [3.05, 3.63) is 78.4 Å². The van der Waals surface area contributed by atoms with Gasteiger partial charge in [0.1, 0.15) is 5.75 Å². The van der Waals surface area contributed by atoms with Crippen LogP contribution in [-0.4, -0.2) is 29.6 Å². The molecule has 4 atom stereocenters. The summed E-state index contributed by atoms with van der Waals surface area (Å²) in [6.07, 6.45) is 1.74. The van der Waals surface area contributed by atoms with Gasteiger partial charge in [-0.15, -0.1) is 0 Å². The second-order valence-corrected chi connectivity index (χ2v) is 10.1. The molecular weight excluding hydrogens is 453 g/mol. The Bertz CT molecular complexity index is 1160. The summed E-state index contributed by atoms with van der Waals surface area (Å²) in [5, 5.41) is 0. The number of pyridine rings is 1. The molecule has 0 saturated heterocycles. The summed E-state index contributed by atoms with van der Waals surface area (Å²) in [5.74, 6) is 0.366. The zero-order chi connectivity index (χ0) is 25.8. The molecule has 1 aromatic heterocycles. The molecule has 0 spiro atoms. The van der Waals surface area contributed by atoms with Gasteiger partial charge in [0, 0.05) is 35.8 Å². The fourth-order valence-electron chi connectivity index (χ4n) is 4.47. The van der Waals surface area contributed by atoms with Crippen molar-refractivity contribution >= 4 is 11.6 Å². The SMILES string of the molecule is CC[C@H](C)[C@H](N)CN(C(=O)[C@@H]1C[C@H]1c1cccc(F)n1)c1ccc(-c2ccc(OC(C)C)cc2)cc1. The van der Waals surface area contributed by atoms with Crippen molar-refractivity contribution in [3.8, 4) is 16.9 Å². The highest BCUT2D eigenvalue weighted by Gasteiger charge is 2.47. The van der Waals surface area contributed by atoms with E-state index in [2.05, 4.69) is 18.8 Å². The predicted octanol–water partition coefficient (Wildman–Crippen LogP) is 6.19. The molecule has 6 heteroatoms. The van der Waals surface area contributed by atoms with Gasteiger partial charge in [-0.2, -0.15) is 4.39 Å². The van der Waals surface area contributed by atoms with Crippen LogP contribution in [0.3, 0.4) is 0 Å². The predicted molar refractivity (Wildman–Crippen MR) is 142 cm³/mol. The fourth-order valence-corrected chi connectivity index (χ4v) is 4.47. The van der Waals surface area contributed by atoms with Crippen LogP contribution in [0.1, 0.15) is 52.1 Å². The van der Waals surface area contributed by atoms with Crippen LogP contribution in [0.15, 0.2) is 66.7 Å². The van der Waals surface area contributed by atoms with Crippen molar-refractivity contribution in [3.63, 3.8) is 0 Å². The van der Waals surface area contributed by atoms with Crippen LogP contribution < -0.4 is 15.4 Å². The highest BCUT2D eigenvalue weighted by atomic mass is 19.1. The molecule has 2 aromatic carbocycles. The molecule has 1 aliphatic carbocycles. The van der Waals surface area contributed by atoms with Gasteiger partial charge in [0.25, 0.3) is 0 Å². The van der Waals surface area contributed by atoms with Gasteiger partial charge in [-0.25, -0.2) is 4.98 Å². The second-order valence-electron chi connectivity index (χ2n) is 10.1. The molecule has 4 rings (SSSR count). The van der Waals surface area contributed by atoms with E-state index in [9.17, 15) is 9.18 Å². The first kappa shape index (κ1) is 25.8. The fraction of sp³-hybridized carbons (Fsp3) is 0.400. The average molecular weight is 490 g/mol. The second kappa shape index (κ2) is 11.2. The Morgan fingerprint density at radius 1 is 1.06 bits per heavy atom. The number of benzene rings is 2. The molecule has 1 fully saturated rings. The molecule has 1 aliphatic rings. The van der Waals surface area contributed by atoms with Crippen molar-refractivity contribution in [2.45, 2.75) is 58.6 Å². The largest absolute Gasteiger partial charge is 0.491 e. The normalized spacial score (nSPS) is 18.5. The third kappa shape index (κ3) is 6.11. The van der Waals surface area contributed by atoms with Gasteiger partial charge in [-0.3, -0.25) is 4.79 Å². The van der Waals surface area contributed by atoms with Crippen molar-refractivity contribution in [2.24, 2.45) is 17.6 Å². The Morgan fingerprint density at radius 3 is 2.28 bits per heavy atom. The number of hydrogen-bond acceptors (Lipinski definition) is 4. The third-order valence-corrected chi connectivity index (χ3v) is 7.00. The number of nitrogens with zero attached hydrogens (tertiary/aromatic N) is 2. The molecule has 190 valence electrons. The van der Waals surface area contributed by atoms with Gasteiger partial charge < -0.3 is 15.4 Å². The number of halogens is 1. The van der Waals surface area contributed by atoms with E-state index in [1.807, 2.05) is 67.3 Å². The summed E-state index contributed by atoms with van der Waals surface area (Å²) in [5.41, 5.74) is 10.1. The molecule has 1 saturated carbocycles. The van der Waals surface area contributed by atoms with Crippen molar-refractivity contribution in [2.75, 3.05) is 11.4 Å². The van der Waals surface area contributed by atoms with E-state index >= 15 is 0 Å². The number of carbonyl (C=O) groups excluding carboxylic acids is 1. The Kier molecular flexibility index (Phi) is 8.04. The third-order valence-electron chi connectivity index (χ3n) is 7.00. The van der Waals surface area contributed by atoms with E-state index in [-0.39, 0.29) is 35.8 Å². The first-order chi connectivity index (χ1) is 17.3. The van der Waals surface area contributed by atoms with Crippen LogP contribution in [0, 0.1) is 17.8 Å². The van der Waals surface area contributed by atoms with Crippen molar-refractivity contribution in [1.29, 1.82) is 0 Å². The first-order valence-corrected chi connectivity index (χ1v) is 12.8. The van der Waals surface area contributed by atoms with Crippen molar-refractivity contribution in [1.82, 2.24) is 4.98 Å². The maximum atomic E-state index is 13.6. The van der Waals surface area contributed by atoms with Crippen LogP contribution in [0.4, 0.5) is 10.1 Å². The zero-order valence-electron chi connectivity index (χ0n) is 21.5. The summed E-state index contributed by atoms with van der Waals surface area (Å²) < 4.78 is 19.4. The smallest absolute Gasteiger partial charge is 0.230 e. The Labute approximate surface area is 213 Å². The summed E-state index contributed by atoms with van der Waals surface area (Å²) >= 11 is 0. The molecule has 0 radical (unpaired) electrons. The zero-order valence-corrected chi connectivity index (χ0v) is 21.5. The van der Waals surface area contributed by atoms with Crippen LogP contribution >= 0.6 is 0 Å². The average Bonchev–Trinajstić information content (AvgIpc) is 3.68. The van der Waals surface area contributed by atoms with Gasteiger partial charge >= 0.3 is 0 Å². The van der Waals surface area contributed by atoms with Crippen LogP contribution in [0.25, 0.3) is 11.1 Å². The highest BCUT2D eigenvalue weighted by Crippen LogP contribution is 2.48. The number of ether oxygens (including phenoxy) is 1. The lowest BCUT2D eigenvalue weighted by Gasteiger charge is -2.29.